The predicted molar refractivity (Wildman–Crippen MR) is 92.8 cm³/mol. The first-order valence-electron chi connectivity index (χ1n) is 7.39. The van der Waals surface area contributed by atoms with Gasteiger partial charge in [-0.05, 0) is 49.5 Å². The van der Waals surface area contributed by atoms with Gasteiger partial charge in [0.15, 0.2) is 3.92 Å². The maximum atomic E-state index is 12.1. The molecule has 128 valence electrons. The third kappa shape index (κ3) is 5.98. The van der Waals surface area contributed by atoms with E-state index in [0.717, 1.165) is 12.8 Å². The summed E-state index contributed by atoms with van der Waals surface area (Å²) in [4.78, 5) is 29.8. The maximum absolute atomic E-state index is 12.1. The first-order chi connectivity index (χ1) is 10.7. The van der Waals surface area contributed by atoms with Gasteiger partial charge >= 0.3 is 12.1 Å². The van der Waals surface area contributed by atoms with Gasteiger partial charge in [-0.15, -0.1) is 11.3 Å². The van der Waals surface area contributed by atoms with Crippen LogP contribution in [-0.2, 0) is 4.74 Å². The lowest BCUT2D eigenvalue weighted by Crippen LogP contribution is -2.51. The summed E-state index contributed by atoms with van der Waals surface area (Å²) < 4.78 is 6.08. The van der Waals surface area contributed by atoms with Gasteiger partial charge in [0.2, 0.25) is 0 Å². The number of urea groups is 1. The second-order valence-electron chi connectivity index (χ2n) is 6.35. The number of carbonyl (C=O) groups is 2. The minimum atomic E-state index is -0.521. The normalized spacial score (nSPS) is 18.4. The zero-order valence-electron chi connectivity index (χ0n) is 13.4. The number of rotatable bonds is 2. The van der Waals surface area contributed by atoms with Crippen molar-refractivity contribution in [2.24, 2.45) is 0 Å². The molecule has 2 N–H and O–H groups in total. The Morgan fingerprint density at radius 2 is 2.22 bits per heavy atom. The van der Waals surface area contributed by atoms with Crippen molar-refractivity contribution in [3.63, 3.8) is 0 Å². The highest BCUT2D eigenvalue weighted by Crippen LogP contribution is 2.19. The van der Waals surface area contributed by atoms with Crippen LogP contribution in [0.5, 0.6) is 0 Å². The number of nitrogens with one attached hydrogen (secondary N) is 2. The Hall–Kier alpha value is -1.35. The number of hydrogen-bond acceptors (Lipinski definition) is 5. The molecule has 1 aromatic rings. The van der Waals surface area contributed by atoms with Crippen LogP contribution in [0.4, 0.5) is 15.4 Å². The standard InChI is InChI=1S/C14H21BrN4O3S/c1-14(2,3)22-13(21)19-6-4-5-9(7-19)16-12(20)18-10-8-23-11(15)17-10/h8-9H,4-7H2,1-3H3,(H2,16,18,20)/t9-/m0/s1. The lowest BCUT2D eigenvalue weighted by molar-refractivity contribution is 0.0191. The fraction of sp³-hybridized carbons (Fsp3) is 0.643. The van der Waals surface area contributed by atoms with E-state index in [4.69, 9.17) is 4.74 Å². The summed E-state index contributed by atoms with van der Waals surface area (Å²) in [5.74, 6) is 0.499. The van der Waals surface area contributed by atoms with E-state index in [1.165, 1.54) is 11.3 Å². The van der Waals surface area contributed by atoms with Gasteiger partial charge in [0.1, 0.15) is 11.4 Å². The summed E-state index contributed by atoms with van der Waals surface area (Å²) >= 11 is 4.64. The van der Waals surface area contributed by atoms with Gasteiger partial charge < -0.3 is 15.0 Å². The first kappa shape index (κ1) is 18.0. The molecule has 3 amide bonds. The molecule has 1 aromatic heterocycles. The van der Waals surface area contributed by atoms with Crippen LogP contribution in [0.15, 0.2) is 9.30 Å². The van der Waals surface area contributed by atoms with Crippen molar-refractivity contribution in [1.82, 2.24) is 15.2 Å². The quantitative estimate of drug-likeness (QED) is 0.790. The molecule has 0 bridgehead atoms. The summed E-state index contributed by atoms with van der Waals surface area (Å²) in [6, 6.07) is -0.419. The Balaban J connectivity index is 1.83. The fourth-order valence-electron chi connectivity index (χ4n) is 2.23. The predicted octanol–water partition coefficient (Wildman–Crippen LogP) is 3.43. The summed E-state index contributed by atoms with van der Waals surface area (Å²) in [7, 11) is 0. The van der Waals surface area contributed by atoms with Crippen LogP contribution >= 0.6 is 27.3 Å². The lowest BCUT2D eigenvalue weighted by atomic mass is 10.1. The summed E-state index contributed by atoms with van der Waals surface area (Å²) in [5, 5.41) is 7.30. The van der Waals surface area contributed by atoms with E-state index in [0.29, 0.717) is 22.8 Å². The van der Waals surface area contributed by atoms with E-state index in [1.54, 1.807) is 10.3 Å². The summed E-state index contributed by atoms with van der Waals surface area (Å²) in [6.45, 7) is 6.61. The van der Waals surface area contributed by atoms with Crippen molar-refractivity contribution in [3.05, 3.63) is 9.30 Å². The van der Waals surface area contributed by atoms with Crippen LogP contribution in [0.1, 0.15) is 33.6 Å². The molecule has 1 fully saturated rings. The average molecular weight is 405 g/mol. The molecule has 9 heteroatoms. The average Bonchev–Trinajstić information content (AvgIpc) is 2.82. The van der Waals surface area contributed by atoms with Crippen LogP contribution in [-0.4, -0.2) is 46.7 Å². The van der Waals surface area contributed by atoms with Crippen molar-refractivity contribution in [2.75, 3.05) is 18.4 Å². The molecule has 2 rings (SSSR count). The Morgan fingerprint density at radius 3 is 2.83 bits per heavy atom. The SMILES string of the molecule is CC(C)(C)OC(=O)N1CCC[C@H](NC(=O)Nc2csc(Br)n2)C1. The molecule has 2 heterocycles. The van der Waals surface area contributed by atoms with Crippen LogP contribution in [0.25, 0.3) is 0 Å². The molecule has 7 nitrogen and oxygen atoms in total. The number of likely N-dealkylation sites (tertiary alicyclic amines) is 1. The van der Waals surface area contributed by atoms with Gasteiger partial charge in [0, 0.05) is 24.5 Å². The monoisotopic (exact) mass is 404 g/mol. The number of amides is 3. The van der Waals surface area contributed by atoms with Gasteiger partial charge in [0.05, 0.1) is 0 Å². The number of halogens is 1. The number of aromatic nitrogens is 1. The van der Waals surface area contributed by atoms with E-state index >= 15 is 0 Å². The number of thiazole rings is 1. The van der Waals surface area contributed by atoms with Crippen molar-refractivity contribution >= 4 is 45.2 Å². The Labute approximate surface area is 147 Å². The first-order valence-corrected chi connectivity index (χ1v) is 9.07. The number of anilines is 1. The Kier molecular flexibility index (Phi) is 5.85. The highest BCUT2D eigenvalue weighted by Gasteiger charge is 2.28. The van der Waals surface area contributed by atoms with E-state index in [2.05, 4.69) is 31.5 Å². The zero-order chi connectivity index (χ0) is 17.0. The Morgan fingerprint density at radius 1 is 1.48 bits per heavy atom. The highest BCUT2D eigenvalue weighted by atomic mass is 79.9. The van der Waals surface area contributed by atoms with Gasteiger partial charge in [0.25, 0.3) is 0 Å². The lowest BCUT2D eigenvalue weighted by Gasteiger charge is -2.34. The van der Waals surface area contributed by atoms with Crippen LogP contribution in [0.3, 0.4) is 0 Å². The number of hydrogen-bond donors (Lipinski definition) is 2. The largest absolute Gasteiger partial charge is 0.444 e. The van der Waals surface area contributed by atoms with Gasteiger partial charge in [-0.25, -0.2) is 14.6 Å². The topological polar surface area (TPSA) is 83.6 Å². The third-order valence-electron chi connectivity index (χ3n) is 3.13. The second kappa shape index (κ2) is 7.48. The molecule has 1 aliphatic rings. The third-order valence-corrected chi connectivity index (χ3v) is 4.49. The van der Waals surface area contributed by atoms with Gasteiger partial charge in [-0.1, -0.05) is 0 Å². The van der Waals surface area contributed by atoms with E-state index in [9.17, 15) is 9.59 Å². The fourth-order valence-corrected chi connectivity index (χ4v) is 3.18. The number of nitrogens with zero attached hydrogens (tertiary/aromatic N) is 2. The van der Waals surface area contributed by atoms with Crippen molar-refractivity contribution in [2.45, 2.75) is 45.3 Å². The number of piperidine rings is 1. The molecule has 0 radical (unpaired) electrons. The number of ether oxygens (including phenoxy) is 1. The molecule has 23 heavy (non-hydrogen) atoms. The molecule has 0 aliphatic carbocycles. The minimum absolute atomic E-state index is 0.0988. The minimum Gasteiger partial charge on any atom is -0.444 e. The van der Waals surface area contributed by atoms with Crippen LogP contribution in [0.2, 0.25) is 0 Å². The van der Waals surface area contributed by atoms with E-state index in [-0.39, 0.29) is 18.2 Å². The molecule has 0 unspecified atom stereocenters. The van der Waals surface area contributed by atoms with Crippen LogP contribution in [0, 0.1) is 0 Å². The molecule has 0 spiro atoms. The van der Waals surface area contributed by atoms with Crippen LogP contribution < -0.4 is 10.6 Å². The number of carbonyl (C=O) groups excluding carboxylic acids is 2. The molecule has 1 aliphatic heterocycles. The van der Waals surface area contributed by atoms with Gasteiger partial charge in [-0.2, -0.15) is 0 Å². The summed E-state index contributed by atoms with van der Waals surface area (Å²) in [5.41, 5.74) is -0.521. The van der Waals surface area contributed by atoms with Crippen molar-refractivity contribution < 1.29 is 14.3 Å². The van der Waals surface area contributed by atoms with E-state index < -0.39 is 5.60 Å². The van der Waals surface area contributed by atoms with Gasteiger partial charge in [-0.3, -0.25) is 5.32 Å². The molecule has 0 aromatic carbocycles. The molecular weight excluding hydrogens is 384 g/mol. The maximum Gasteiger partial charge on any atom is 0.410 e. The second-order valence-corrected chi connectivity index (χ2v) is 8.48. The zero-order valence-corrected chi connectivity index (χ0v) is 15.8. The molecule has 1 atom stereocenters. The summed E-state index contributed by atoms with van der Waals surface area (Å²) in [6.07, 6.45) is 1.31. The molecular formula is C14H21BrN4O3S. The highest BCUT2D eigenvalue weighted by molar-refractivity contribution is 9.11. The molecule has 0 saturated carbocycles. The smallest absolute Gasteiger partial charge is 0.410 e. The Bertz CT molecular complexity index is 573. The van der Waals surface area contributed by atoms with E-state index in [1.807, 2.05) is 20.8 Å². The molecule has 1 saturated heterocycles. The van der Waals surface area contributed by atoms with Crippen molar-refractivity contribution in [1.29, 1.82) is 0 Å². The van der Waals surface area contributed by atoms with Crippen molar-refractivity contribution in [3.8, 4) is 0 Å².